The van der Waals surface area contributed by atoms with Gasteiger partial charge < -0.3 is 9.47 Å². The van der Waals surface area contributed by atoms with Gasteiger partial charge in [-0.25, -0.2) is 0 Å². The minimum absolute atomic E-state index is 0.302. The summed E-state index contributed by atoms with van der Waals surface area (Å²) in [6.07, 6.45) is 2.59. The topological polar surface area (TPSA) is 18.5 Å². The predicted molar refractivity (Wildman–Crippen MR) is 68.3 cm³/mol. The van der Waals surface area contributed by atoms with Crippen molar-refractivity contribution in [3.8, 4) is 5.75 Å². The lowest BCUT2D eigenvalue weighted by molar-refractivity contribution is 0.00960. The SMILES string of the molecule is Clc1cccc(OCOCC2CC2)c1CBr. The van der Waals surface area contributed by atoms with Crippen molar-refractivity contribution < 1.29 is 9.47 Å². The normalized spacial score (nSPS) is 15.1. The van der Waals surface area contributed by atoms with Gasteiger partial charge in [0.15, 0.2) is 6.79 Å². The Morgan fingerprint density at radius 1 is 1.38 bits per heavy atom. The molecule has 0 amide bonds. The summed E-state index contributed by atoms with van der Waals surface area (Å²) in [4.78, 5) is 0. The van der Waals surface area contributed by atoms with E-state index < -0.39 is 0 Å². The van der Waals surface area contributed by atoms with E-state index in [1.54, 1.807) is 0 Å². The van der Waals surface area contributed by atoms with Gasteiger partial charge in [-0.2, -0.15) is 0 Å². The molecule has 0 spiro atoms. The molecule has 0 unspecified atom stereocenters. The second-order valence-corrected chi connectivity index (χ2v) is 4.89. The first-order chi connectivity index (χ1) is 7.81. The van der Waals surface area contributed by atoms with E-state index in [4.69, 9.17) is 21.1 Å². The van der Waals surface area contributed by atoms with Gasteiger partial charge in [-0.1, -0.05) is 33.6 Å². The average molecular weight is 306 g/mol. The van der Waals surface area contributed by atoms with Crippen LogP contribution in [0.5, 0.6) is 5.75 Å². The molecule has 16 heavy (non-hydrogen) atoms. The van der Waals surface area contributed by atoms with Crippen molar-refractivity contribution in [1.82, 2.24) is 0 Å². The summed E-state index contributed by atoms with van der Waals surface area (Å²) in [7, 11) is 0. The minimum atomic E-state index is 0.302. The molecule has 0 aliphatic heterocycles. The third-order valence-electron chi connectivity index (χ3n) is 2.56. The third-order valence-corrected chi connectivity index (χ3v) is 3.47. The maximum absolute atomic E-state index is 6.05. The van der Waals surface area contributed by atoms with Crippen LogP contribution < -0.4 is 4.74 Å². The molecule has 0 N–H and O–H groups in total. The van der Waals surface area contributed by atoms with Crippen molar-refractivity contribution in [2.45, 2.75) is 18.2 Å². The van der Waals surface area contributed by atoms with Crippen molar-refractivity contribution in [2.75, 3.05) is 13.4 Å². The summed E-state index contributed by atoms with van der Waals surface area (Å²) in [6, 6.07) is 5.64. The maximum atomic E-state index is 6.05. The molecule has 4 heteroatoms. The lowest BCUT2D eigenvalue weighted by atomic mass is 10.2. The fraction of sp³-hybridized carbons (Fsp3) is 0.500. The van der Waals surface area contributed by atoms with Crippen LogP contribution in [-0.2, 0) is 10.1 Å². The largest absolute Gasteiger partial charge is 0.467 e. The highest BCUT2D eigenvalue weighted by Gasteiger charge is 2.21. The Morgan fingerprint density at radius 2 is 2.19 bits per heavy atom. The summed E-state index contributed by atoms with van der Waals surface area (Å²) in [5.74, 6) is 1.55. The molecule has 2 rings (SSSR count). The molecule has 1 fully saturated rings. The fourth-order valence-corrected chi connectivity index (χ4v) is 2.38. The van der Waals surface area contributed by atoms with Gasteiger partial charge >= 0.3 is 0 Å². The first-order valence-corrected chi connectivity index (χ1v) is 6.85. The Kier molecular flexibility index (Phi) is 4.50. The highest BCUT2D eigenvalue weighted by atomic mass is 79.9. The Morgan fingerprint density at radius 3 is 2.88 bits per heavy atom. The Balaban J connectivity index is 1.84. The fourth-order valence-electron chi connectivity index (χ4n) is 1.41. The van der Waals surface area contributed by atoms with Crippen LogP contribution in [0.4, 0.5) is 0 Å². The molecule has 0 radical (unpaired) electrons. The van der Waals surface area contributed by atoms with Gasteiger partial charge in [-0.3, -0.25) is 0 Å². The molecule has 0 aromatic heterocycles. The van der Waals surface area contributed by atoms with Crippen LogP contribution in [0.2, 0.25) is 5.02 Å². The van der Waals surface area contributed by atoms with Crippen LogP contribution in [0.15, 0.2) is 18.2 Å². The zero-order valence-corrected chi connectivity index (χ0v) is 11.3. The first-order valence-electron chi connectivity index (χ1n) is 5.35. The van der Waals surface area contributed by atoms with E-state index in [2.05, 4.69) is 15.9 Å². The number of alkyl halides is 1. The van der Waals surface area contributed by atoms with Crippen LogP contribution in [0.1, 0.15) is 18.4 Å². The zero-order valence-electron chi connectivity index (χ0n) is 8.92. The van der Waals surface area contributed by atoms with E-state index in [0.29, 0.717) is 12.1 Å². The van der Waals surface area contributed by atoms with E-state index in [9.17, 15) is 0 Å². The van der Waals surface area contributed by atoms with Gasteiger partial charge in [0.1, 0.15) is 5.75 Å². The van der Waals surface area contributed by atoms with Crippen molar-refractivity contribution >= 4 is 27.5 Å². The van der Waals surface area contributed by atoms with Crippen molar-refractivity contribution in [1.29, 1.82) is 0 Å². The Labute approximate surface area is 109 Å². The number of benzene rings is 1. The summed E-state index contributed by atoms with van der Waals surface area (Å²) in [5, 5.41) is 1.40. The quantitative estimate of drug-likeness (QED) is 0.449. The van der Waals surface area contributed by atoms with Crippen LogP contribution >= 0.6 is 27.5 Å². The van der Waals surface area contributed by atoms with Gasteiger partial charge in [0.25, 0.3) is 0 Å². The number of ether oxygens (including phenoxy) is 2. The van der Waals surface area contributed by atoms with E-state index in [1.807, 2.05) is 18.2 Å². The molecule has 0 atom stereocenters. The maximum Gasteiger partial charge on any atom is 0.189 e. The summed E-state index contributed by atoms with van der Waals surface area (Å²) < 4.78 is 11.0. The molecule has 1 aliphatic carbocycles. The van der Waals surface area contributed by atoms with Gasteiger partial charge in [-0.15, -0.1) is 0 Å². The van der Waals surface area contributed by atoms with Crippen LogP contribution in [0.25, 0.3) is 0 Å². The standard InChI is InChI=1S/C12H14BrClO2/c13-6-10-11(14)2-1-3-12(10)16-8-15-7-9-4-5-9/h1-3,9H,4-8H2. The molecule has 0 bridgehead atoms. The molecule has 0 saturated heterocycles. The molecule has 1 saturated carbocycles. The van der Waals surface area contributed by atoms with Gasteiger partial charge in [0.05, 0.1) is 6.61 Å². The van der Waals surface area contributed by atoms with Gasteiger partial charge in [0, 0.05) is 15.9 Å². The molecule has 88 valence electrons. The molecule has 2 nitrogen and oxygen atoms in total. The van der Waals surface area contributed by atoms with E-state index in [0.717, 1.165) is 28.9 Å². The Hall–Kier alpha value is -0.250. The highest BCUT2D eigenvalue weighted by Crippen LogP contribution is 2.30. The first kappa shape index (κ1) is 12.2. The third kappa shape index (κ3) is 3.37. The van der Waals surface area contributed by atoms with Crippen LogP contribution in [0.3, 0.4) is 0 Å². The van der Waals surface area contributed by atoms with Crippen LogP contribution in [-0.4, -0.2) is 13.4 Å². The summed E-state index contributed by atoms with van der Waals surface area (Å²) >= 11 is 9.45. The number of halogens is 2. The number of hydrogen-bond donors (Lipinski definition) is 0. The molecule has 1 aromatic rings. The lowest BCUT2D eigenvalue weighted by Gasteiger charge is -2.11. The average Bonchev–Trinajstić information content (AvgIpc) is 3.08. The molecule has 1 aromatic carbocycles. The van der Waals surface area contributed by atoms with Crippen molar-refractivity contribution in [3.05, 3.63) is 28.8 Å². The lowest BCUT2D eigenvalue weighted by Crippen LogP contribution is -2.06. The second-order valence-electron chi connectivity index (χ2n) is 3.93. The number of hydrogen-bond acceptors (Lipinski definition) is 2. The van der Waals surface area contributed by atoms with Gasteiger partial charge in [-0.05, 0) is 30.9 Å². The van der Waals surface area contributed by atoms with Crippen molar-refractivity contribution in [3.63, 3.8) is 0 Å². The Bertz CT molecular complexity index is 353. The summed E-state index contributed by atoms with van der Waals surface area (Å²) in [6.45, 7) is 1.11. The van der Waals surface area contributed by atoms with E-state index in [1.165, 1.54) is 12.8 Å². The zero-order chi connectivity index (χ0) is 11.4. The smallest absolute Gasteiger partial charge is 0.189 e. The van der Waals surface area contributed by atoms with Gasteiger partial charge in [0.2, 0.25) is 0 Å². The molecular formula is C12H14BrClO2. The monoisotopic (exact) mass is 304 g/mol. The summed E-state index contributed by atoms with van der Waals surface area (Å²) in [5.41, 5.74) is 0.971. The minimum Gasteiger partial charge on any atom is -0.467 e. The molecule has 1 aliphatic rings. The molecule has 0 heterocycles. The van der Waals surface area contributed by atoms with Crippen LogP contribution in [0, 0.1) is 5.92 Å². The van der Waals surface area contributed by atoms with Crippen molar-refractivity contribution in [2.24, 2.45) is 5.92 Å². The second kappa shape index (κ2) is 5.89. The molecular weight excluding hydrogens is 291 g/mol. The number of rotatable bonds is 6. The van der Waals surface area contributed by atoms with E-state index >= 15 is 0 Å². The highest BCUT2D eigenvalue weighted by molar-refractivity contribution is 9.08. The van der Waals surface area contributed by atoms with E-state index in [-0.39, 0.29) is 0 Å². The predicted octanol–water partition coefficient (Wildman–Crippen LogP) is 4.00.